The van der Waals surface area contributed by atoms with Crippen LogP contribution in [0, 0.1) is 23.7 Å². The van der Waals surface area contributed by atoms with Gasteiger partial charge in [0.2, 0.25) is 0 Å². The molecule has 1 aliphatic rings. The summed E-state index contributed by atoms with van der Waals surface area (Å²) in [4.78, 5) is 2.62. The molecule has 0 bridgehead atoms. The van der Waals surface area contributed by atoms with Gasteiger partial charge in [-0.25, -0.2) is 0 Å². The van der Waals surface area contributed by atoms with Gasteiger partial charge in [0.05, 0.1) is 0 Å². The Kier molecular flexibility index (Phi) is 5.77. The minimum atomic E-state index is 0.728. The predicted molar refractivity (Wildman–Crippen MR) is 71.4 cm³/mol. The van der Waals surface area contributed by atoms with Gasteiger partial charge in [-0.2, -0.15) is 0 Å². The summed E-state index contributed by atoms with van der Waals surface area (Å²) in [7, 11) is 0. The molecule has 0 spiro atoms. The lowest BCUT2D eigenvalue weighted by Crippen LogP contribution is -2.26. The van der Waals surface area contributed by atoms with Gasteiger partial charge in [-0.3, -0.25) is 0 Å². The third kappa shape index (κ3) is 4.42. The van der Waals surface area contributed by atoms with Gasteiger partial charge in [-0.15, -0.1) is 0 Å². The van der Waals surface area contributed by atoms with Crippen molar-refractivity contribution in [1.82, 2.24) is 4.90 Å². The minimum Gasteiger partial charge on any atom is -0.330 e. The van der Waals surface area contributed by atoms with Crippen LogP contribution >= 0.6 is 0 Å². The highest BCUT2D eigenvalue weighted by Crippen LogP contribution is 2.23. The van der Waals surface area contributed by atoms with Crippen molar-refractivity contribution in [3.05, 3.63) is 0 Å². The van der Waals surface area contributed by atoms with Gasteiger partial charge in [0.1, 0.15) is 0 Å². The van der Waals surface area contributed by atoms with Crippen molar-refractivity contribution in [2.75, 3.05) is 26.2 Å². The lowest BCUT2D eigenvalue weighted by molar-refractivity contribution is 0.277. The van der Waals surface area contributed by atoms with E-state index in [1.165, 1.54) is 32.5 Å². The molecule has 0 aromatic rings. The Morgan fingerprint density at radius 2 is 1.75 bits per heavy atom. The number of rotatable bonds is 6. The molecule has 2 nitrogen and oxygen atoms in total. The molecule has 16 heavy (non-hydrogen) atoms. The Balaban J connectivity index is 2.22. The fourth-order valence-corrected chi connectivity index (χ4v) is 2.80. The zero-order valence-corrected chi connectivity index (χ0v) is 11.6. The van der Waals surface area contributed by atoms with Gasteiger partial charge in [-0.05, 0) is 49.6 Å². The Labute approximate surface area is 102 Å². The van der Waals surface area contributed by atoms with Crippen LogP contribution in [0.5, 0.6) is 0 Å². The normalized spacial score (nSPS) is 28.9. The zero-order chi connectivity index (χ0) is 12.1. The molecule has 3 unspecified atom stereocenters. The highest BCUT2D eigenvalue weighted by molar-refractivity contribution is 4.79. The van der Waals surface area contributed by atoms with Gasteiger partial charge < -0.3 is 10.6 Å². The monoisotopic (exact) mass is 226 g/mol. The van der Waals surface area contributed by atoms with Crippen molar-refractivity contribution in [2.45, 2.75) is 40.5 Å². The number of hydrogen-bond acceptors (Lipinski definition) is 2. The fraction of sp³-hybridized carbons (Fsp3) is 1.00. The van der Waals surface area contributed by atoms with Crippen molar-refractivity contribution < 1.29 is 0 Å². The first-order valence-corrected chi connectivity index (χ1v) is 6.95. The van der Waals surface area contributed by atoms with Crippen LogP contribution in [0.15, 0.2) is 0 Å². The lowest BCUT2D eigenvalue weighted by Gasteiger charge is -2.21. The topological polar surface area (TPSA) is 29.3 Å². The van der Waals surface area contributed by atoms with Crippen LogP contribution in [-0.4, -0.2) is 31.1 Å². The van der Waals surface area contributed by atoms with Crippen LogP contribution < -0.4 is 5.73 Å². The largest absolute Gasteiger partial charge is 0.330 e. The molecule has 3 atom stereocenters. The average Bonchev–Trinajstić information content (AvgIpc) is 2.53. The van der Waals surface area contributed by atoms with E-state index in [-0.39, 0.29) is 0 Å². The van der Waals surface area contributed by atoms with Crippen molar-refractivity contribution >= 4 is 0 Å². The molecule has 1 heterocycles. The van der Waals surface area contributed by atoms with E-state index in [4.69, 9.17) is 5.73 Å². The standard InChI is InChI=1S/C14H30N2/c1-11(2)7-14(8-15)5-6-16-9-12(3)13(4)10-16/h11-14H,5-10,15H2,1-4H3. The van der Waals surface area contributed by atoms with Crippen LogP contribution in [0.2, 0.25) is 0 Å². The van der Waals surface area contributed by atoms with E-state index in [1.54, 1.807) is 0 Å². The quantitative estimate of drug-likeness (QED) is 0.754. The molecular formula is C14H30N2. The van der Waals surface area contributed by atoms with E-state index in [0.717, 1.165) is 30.2 Å². The van der Waals surface area contributed by atoms with E-state index in [0.29, 0.717) is 0 Å². The Morgan fingerprint density at radius 1 is 1.19 bits per heavy atom. The summed E-state index contributed by atoms with van der Waals surface area (Å²) in [5, 5.41) is 0. The highest BCUT2D eigenvalue weighted by Gasteiger charge is 2.25. The molecule has 2 N–H and O–H groups in total. The molecule has 0 amide bonds. The van der Waals surface area contributed by atoms with Gasteiger partial charge in [0.25, 0.3) is 0 Å². The van der Waals surface area contributed by atoms with Crippen LogP contribution in [0.3, 0.4) is 0 Å². The minimum absolute atomic E-state index is 0.728. The van der Waals surface area contributed by atoms with Crippen LogP contribution in [-0.2, 0) is 0 Å². The first-order chi connectivity index (χ1) is 7.52. The van der Waals surface area contributed by atoms with Crippen LogP contribution in [0.25, 0.3) is 0 Å². The second kappa shape index (κ2) is 6.61. The predicted octanol–water partition coefficient (Wildman–Crippen LogP) is 2.59. The molecule has 0 aliphatic carbocycles. The third-order valence-corrected chi connectivity index (χ3v) is 4.06. The molecule has 0 aromatic carbocycles. The molecule has 0 radical (unpaired) electrons. The van der Waals surface area contributed by atoms with E-state index < -0.39 is 0 Å². The number of nitrogens with two attached hydrogens (primary N) is 1. The SMILES string of the molecule is CC(C)CC(CN)CCN1CC(C)C(C)C1. The summed E-state index contributed by atoms with van der Waals surface area (Å²) < 4.78 is 0. The molecule has 0 saturated carbocycles. The molecule has 1 saturated heterocycles. The van der Waals surface area contributed by atoms with Crippen molar-refractivity contribution in [3.63, 3.8) is 0 Å². The second-order valence-electron chi connectivity index (χ2n) is 6.23. The Bertz CT molecular complexity index is 176. The number of likely N-dealkylation sites (tertiary alicyclic amines) is 1. The number of hydrogen-bond donors (Lipinski definition) is 1. The van der Waals surface area contributed by atoms with E-state index >= 15 is 0 Å². The fourth-order valence-electron chi connectivity index (χ4n) is 2.80. The maximum atomic E-state index is 5.84. The second-order valence-corrected chi connectivity index (χ2v) is 6.23. The molecule has 1 rings (SSSR count). The zero-order valence-electron chi connectivity index (χ0n) is 11.6. The lowest BCUT2D eigenvalue weighted by atomic mass is 9.94. The average molecular weight is 226 g/mol. The first-order valence-electron chi connectivity index (χ1n) is 6.95. The smallest absolute Gasteiger partial charge is 0.00102 e. The third-order valence-electron chi connectivity index (χ3n) is 4.06. The molecule has 96 valence electrons. The molecule has 1 aliphatic heterocycles. The van der Waals surface area contributed by atoms with Gasteiger partial charge >= 0.3 is 0 Å². The summed E-state index contributed by atoms with van der Waals surface area (Å²) in [6.45, 7) is 14.0. The maximum absolute atomic E-state index is 5.84. The van der Waals surface area contributed by atoms with Gasteiger partial charge in [0, 0.05) is 13.1 Å². The Morgan fingerprint density at radius 3 is 2.19 bits per heavy atom. The van der Waals surface area contributed by atoms with Crippen molar-refractivity contribution in [1.29, 1.82) is 0 Å². The first kappa shape index (κ1) is 14.0. The maximum Gasteiger partial charge on any atom is 0.00102 e. The summed E-state index contributed by atoms with van der Waals surface area (Å²) in [5.41, 5.74) is 5.84. The summed E-state index contributed by atoms with van der Waals surface area (Å²) in [6.07, 6.45) is 2.57. The molecule has 2 heteroatoms. The van der Waals surface area contributed by atoms with E-state index in [1.807, 2.05) is 0 Å². The highest BCUT2D eigenvalue weighted by atomic mass is 15.1. The number of nitrogens with zero attached hydrogens (tertiary/aromatic N) is 1. The summed E-state index contributed by atoms with van der Waals surface area (Å²) >= 11 is 0. The Hall–Kier alpha value is -0.0800. The van der Waals surface area contributed by atoms with E-state index in [2.05, 4.69) is 32.6 Å². The summed E-state index contributed by atoms with van der Waals surface area (Å²) in [6, 6.07) is 0. The van der Waals surface area contributed by atoms with E-state index in [9.17, 15) is 0 Å². The van der Waals surface area contributed by atoms with Crippen molar-refractivity contribution in [2.24, 2.45) is 29.4 Å². The van der Waals surface area contributed by atoms with Crippen molar-refractivity contribution in [3.8, 4) is 0 Å². The van der Waals surface area contributed by atoms with Crippen LogP contribution in [0.1, 0.15) is 40.5 Å². The van der Waals surface area contributed by atoms with Gasteiger partial charge in [-0.1, -0.05) is 27.7 Å². The molecular weight excluding hydrogens is 196 g/mol. The van der Waals surface area contributed by atoms with Crippen LogP contribution in [0.4, 0.5) is 0 Å². The molecule has 1 fully saturated rings. The molecule has 0 aromatic heterocycles. The van der Waals surface area contributed by atoms with Gasteiger partial charge in [0.15, 0.2) is 0 Å². The summed E-state index contributed by atoms with van der Waals surface area (Å²) in [5.74, 6) is 3.26.